The van der Waals surface area contributed by atoms with Crippen LogP contribution in [0.4, 0.5) is 0 Å². The molecule has 1 heterocycles. The first-order valence-electron chi connectivity index (χ1n) is 8.10. The number of amides is 1. The summed E-state index contributed by atoms with van der Waals surface area (Å²) in [6.07, 6.45) is 3.58. The fraction of sp³-hybridized carbons (Fsp3) is 0.350. The molecule has 1 atom stereocenters. The fourth-order valence-electron chi connectivity index (χ4n) is 3.83. The van der Waals surface area contributed by atoms with Crippen molar-refractivity contribution in [3.63, 3.8) is 0 Å². The van der Waals surface area contributed by atoms with Crippen molar-refractivity contribution < 1.29 is 9.59 Å². The third-order valence-corrected chi connectivity index (χ3v) is 5.12. The Hall–Kier alpha value is -2.67. The van der Waals surface area contributed by atoms with Crippen LogP contribution in [0.2, 0.25) is 0 Å². The minimum absolute atomic E-state index is 0.0484. The minimum Gasteiger partial charge on any atom is -0.338 e. The summed E-state index contributed by atoms with van der Waals surface area (Å²) in [4.78, 5) is 31.3. The Balaban J connectivity index is 2.40. The van der Waals surface area contributed by atoms with Gasteiger partial charge in [0.05, 0.1) is 6.57 Å². The van der Waals surface area contributed by atoms with E-state index in [0.717, 1.165) is 11.1 Å². The van der Waals surface area contributed by atoms with E-state index < -0.39 is 10.8 Å². The first-order valence-corrected chi connectivity index (χ1v) is 8.10. The Kier molecular flexibility index (Phi) is 3.68. The molecule has 1 amide bonds. The van der Waals surface area contributed by atoms with E-state index in [1.807, 2.05) is 57.2 Å². The third-order valence-electron chi connectivity index (χ3n) is 5.12. The zero-order chi connectivity index (χ0) is 17.5. The molecule has 24 heavy (non-hydrogen) atoms. The Labute approximate surface area is 142 Å². The molecule has 0 bridgehead atoms. The third kappa shape index (κ3) is 1.98. The molecule has 0 fully saturated rings. The summed E-state index contributed by atoms with van der Waals surface area (Å²) in [5.41, 5.74) is -0.297. The number of hydrogen-bond acceptors (Lipinski definition) is 2. The van der Waals surface area contributed by atoms with Gasteiger partial charge >= 0.3 is 0 Å². The van der Waals surface area contributed by atoms with Crippen LogP contribution in [0.5, 0.6) is 0 Å². The van der Waals surface area contributed by atoms with E-state index >= 15 is 0 Å². The van der Waals surface area contributed by atoms with Crippen LogP contribution in [-0.4, -0.2) is 29.7 Å². The number of carbonyl (C=O) groups is 2. The van der Waals surface area contributed by atoms with Gasteiger partial charge < -0.3 is 9.69 Å². The number of fused-ring (bicyclic) bond motifs is 1. The summed E-state index contributed by atoms with van der Waals surface area (Å²) in [7, 11) is 0. The molecular weight excluding hydrogens is 300 g/mol. The van der Waals surface area contributed by atoms with Crippen LogP contribution in [0, 0.1) is 12.0 Å². The molecule has 122 valence electrons. The van der Waals surface area contributed by atoms with Gasteiger partial charge in [0.25, 0.3) is 0 Å². The molecule has 1 aliphatic carbocycles. The van der Waals surface area contributed by atoms with Gasteiger partial charge in [0.15, 0.2) is 5.78 Å². The van der Waals surface area contributed by atoms with Crippen LogP contribution < -0.4 is 0 Å². The molecule has 0 saturated carbocycles. The van der Waals surface area contributed by atoms with Crippen LogP contribution in [0.1, 0.15) is 26.3 Å². The van der Waals surface area contributed by atoms with Crippen molar-refractivity contribution in [1.82, 2.24) is 4.90 Å². The number of benzene rings is 1. The van der Waals surface area contributed by atoms with Gasteiger partial charge in [-0.25, -0.2) is 4.85 Å². The molecule has 0 N–H and O–H groups in total. The molecule has 0 saturated heterocycles. The van der Waals surface area contributed by atoms with E-state index in [1.165, 1.54) is 0 Å². The molecule has 2 aliphatic rings. The van der Waals surface area contributed by atoms with E-state index in [2.05, 4.69) is 4.85 Å². The van der Waals surface area contributed by atoms with Gasteiger partial charge in [-0.3, -0.25) is 4.79 Å². The van der Waals surface area contributed by atoms with E-state index in [4.69, 9.17) is 6.57 Å². The molecule has 4 heteroatoms. The predicted molar refractivity (Wildman–Crippen MR) is 91.9 cm³/mol. The van der Waals surface area contributed by atoms with Crippen LogP contribution in [0.15, 0.2) is 53.8 Å². The molecular formula is C20H20N2O2. The number of allylic oxidation sites excluding steroid dienone is 1. The molecule has 0 aromatic heterocycles. The van der Waals surface area contributed by atoms with E-state index in [0.29, 0.717) is 13.1 Å². The lowest BCUT2D eigenvalue weighted by atomic mass is 9.57. The summed E-state index contributed by atoms with van der Waals surface area (Å²) in [5, 5.41) is 0. The van der Waals surface area contributed by atoms with Gasteiger partial charge in [0.2, 0.25) is 11.6 Å². The molecule has 1 aromatic rings. The fourth-order valence-corrected chi connectivity index (χ4v) is 3.83. The van der Waals surface area contributed by atoms with E-state index in [1.54, 1.807) is 11.0 Å². The van der Waals surface area contributed by atoms with Crippen molar-refractivity contribution in [3.8, 4) is 0 Å². The van der Waals surface area contributed by atoms with E-state index in [9.17, 15) is 9.59 Å². The van der Waals surface area contributed by atoms with Gasteiger partial charge in [-0.05, 0) is 18.1 Å². The monoisotopic (exact) mass is 320 g/mol. The molecule has 4 nitrogen and oxygen atoms in total. The lowest BCUT2D eigenvalue weighted by Crippen LogP contribution is -2.56. The zero-order valence-electron chi connectivity index (χ0n) is 14.2. The number of likely N-dealkylation sites (N-methyl/N-ethyl adjacent to an activating group) is 1. The minimum atomic E-state index is -1.06. The quantitative estimate of drug-likeness (QED) is 0.620. The van der Waals surface area contributed by atoms with Gasteiger partial charge in [0.1, 0.15) is 5.41 Å². The van der Waals surface area contributed by atoms with Crippen molar-refractivity contribution >= 4 is 11.7 Å². The van der Waals surface area contributed by atoms with Gasteiger partial charge in [-0.2, -0.15) is 0 Å². The van der Waals surface area contributed by atoms with Crippen LogP contribution in [0.25, 0.3) is 4.85 Å². The summed E-state index contributed by atoms with van der Waals surface area (Å²) < 4.78 is 0. The van der Waals surface area contributed by atoms with E-state index in [-0.39, 0.29) is 17.4 Å². The van der Waals surface area contributed by atoms with Gasteiger partial charge in [0, 0.05) is 18.5 Å². The maximum atomic E-state index is 13.4. The second kappa shape index (κ2) is 5.45. The van der Waals surface area contributed by atoms with Crippen molar-refractivity contribution in [1.29, 1.82) is 0 Å². The highest BCUT2D eigenvalue weighted by Gasteiger charge is 2.56. The van der Waals surface area contributed by atoms with Crippen molar-refractivity contribution in [2.24, 2.45) is 5.41 Å². The van der Waals surface area contributed by atoms with Crippen LogP contribution in [-0.2, 0) is 15.0 Å². The maximum Gasteiger partial charge on any atom is 0.240 e. The normalized spacial score (nSPS) is 25.5. The van der Waals surface area contributed by atoms with Crippen LogP contribution in [0.3, 0.4) is 0 Å². The van der Waals surface area contributed by atoms with Crippen LogP contribution >= 0.6 is 0 Å². The molecule has 0 unspecified atom stereocenters. The number of rotatable bonds is 2. The highest BCUT2D eigenvalue weighted by molar-refractivity contribution is 6.10. The lowest BCUT2D eigenvalue weighted by molar-refractivity contribution is -0.136. The summed E-state index contributed by atoms with van der Waals surface area (Å²) in [5.74, 6) is -0.275. The zero-order valence-corrected chi connectivity index (χ0v) is 14.2. The van der Waals surface area contributed by atoms with Crippen molar-refractivity contribution in [2.45, 2.75) is 26.2 Å². The van der Waals surface area contributed by atoms with Crippen molar-refractivity contribution in [2.75, 3.05) is 13.1 Å². The lowest BCUT2D eigenvalue weighted by Gasteiger charge is -2.48. The maximum absolute atomic E-state index is 13.4. The first-order chi connectivity index (χ1) is 11.4. The molecule has 1 aliphatic heterocycles. The van der Waals surface area contributed by atoms with Gasteiger partial charge in [-0.15, -0.1) is 0 Å². The van der Waals surface area contributed by atoms with Gasteiger partial charge in [-0.1, -0.05) is 56.3 Å². The molecule has 0 spiro atoms. The first kappa shape index (κ1) is 16.2. The molecule has 1 aromatic carbocycles. The Bertz CT molecular complexity index is 812. The Morgan fingerprint density at radius 1 is 1.21 bits per heavy atom. The largest absolute Gasteiger partial charge is 0.338 e. The molecule has 0 radical (unpaired) electrons. The topological polar surface area (TPSA) is 41.7 Å². The average molecular weight is 320 g/mol. The number of nitrogens with zero attached hydrogens (tertiary/aromatic N) is 2. The SMILES string of the molecule is [C-]#[N+]C1=C[C@@]2(c3ccccc3)C(=O)N(CC)CC=C2C(C)(C)C1=O. The second-order valence-electron chi connectivity index (χ2n) is 6.73. The summed E-state index contributed by atoms with van der Waals surface area (Å²) in [6.45, 7) is 14.1. The second-order valence-corrected chi connectivity index (χ2v) is 6.73. The number of hydrogen-bond donors (Lipinski definition) is 0. The highest BCUT2D eigenvalue weighted by Crippen LogP contribution is 2.51. The Morgan fingerprint density at radius 2 is 1.88 bits per heavy atom. The standard InChI is InChI=1S/C20H20N2O2/c1-5-22-12-11-16-19(2,3)17(23)15(21-4)13-20(16,18(22)24)14-9-7-6-8-10-14/h6-11,13H,5,12H2,1-3H3/t20-/m0/s1. The molecule has 3 rings (SSSR count). The number of carbonyl (C=O) groups excluding carboxylic acids is 2. The van der Waals surface area contributed by atoms with Crippen molar-refractivity contribution in [3.05, 3.63) is 70.7 Å². The average Bonchev–Trinajstić information content (AvgIpc) is 2.60. The summed E-state index contributed by atoms with van der Waals surface area (Å²) >= 11 is 0. The summed E-state index contributed by atoms with van der Waals surface area (Å²) in [6, 6.07) is 9.46. The predicted octanol–water partition coefficient (Wildman–Crippen LogP) is 3.12. The number of Topliss-reactive ketones (excluding diaryl/α,β-unsaturated/α-hetero) is 1. The highest BCUT2D eigenvalue weighted by atomic mass is 16.2. The Morgan fingerprint density at radius 3 is 2.46 bits per heavy atom. The smallest absolute Gasteiger partial charge is 0.240 e. The number of ketones is 1.